The fourth-order valence-electron chi connectivity index (χ4n) is 5.72. The normalized spacial score (nSPS) is 31.4. The van der Waals surface area contributed by atoms with Crippen molar-refractivity contribution in [1.29, 1.82) is 0 Å². The quantitative estimate of drug-likeness (QED) is 0.617. The number of nitrogens with zero attached hydrogens (tertiary/aromatic N) is 1. The predicted octanol–water partition coefficient (Wildman–Crippen LogP) is 3.85. The van der Waals surface area contributed by atoms with Gasteiger partial charge in [-0.1, -0.05) is 30.3 Å². The molecule has 0 radical (unpaired) electrons. The molecule has 3 fully saturated rings. The molecule has 3 unspecified atom stereocenters. The van der Waals surface area contributed by atoms with E-state index in [1.54, 1.807) is 0 Å². The van der Waals surface area contributed by atoms with Gasteiger partial charge in [0, 0.05) is 31.8 Å². The van der Waals surface area contributed by atoms with E-state index in [0.717, 1.165) is 18.4 Å². The highest BCUT2D eigenvalue weighted by atomic mass is 32.2. The molecule has 1 heterocycles. The number of fused-ring (bicyclic) bond motifs is 1. The van der Waals surface area contributed by atoms with Gasteiger partial charge in [-0.05, 0) is 29.2 Å². The van der Waals surface area contributed by atoms with Crippen LogP contribution in [0.4, 0.5) is 22.0 Å². The molecule has 0 bridgehead atoms. The second-order valence-corrected chi connectivity index (χ2v) is 11.5. The standard InChI is InChI=1S/C24H23F5N2O3S/c1-35(33,34)30-21-15-12-31(11-13(15)9-24(21,28)29)22(32)17-10-23(17,27)16-6-3-2-5-14(16)20-18(25)7-4-8-19(20)26/h2-8,13,15,17,21,30H,9-12H2,1H3/t13?,15?,17-,21?,23+/m0/s1. The van der Waals surface area contributed by atoms with E-state index in [1.807, 2.05) is 4.72 Å². The molecular weight excluding hydrogens is 491 g/mol. The molecule has 188 valence electrons. The summed E-state index contributed by atoms with van der Waals surface area (Å²) in [6.45, 7) is -0.153. The first-order valence-corrected chi connectivity index (χ1v) is 13.1. The van der Waals surface area contributed by atoms with Crippen molar-refractivity contribution in [3.05, 3.63) is 59.7 Å². The Balaban J connectivity index is 1.38. The number of alkyl halides is 3. The molecule has 11 heteroatoms. The van der Waals surface area contributed by atoms with Crippen LogP contribution in [0.2, 0.25) is 0 Å². The van der Waals surface area contributed by atoms with Gasteiger partial charge in [0.2, 0.25) is 15.9 Å². The summed E-state index contributed by atoms with van der Waals surface area (Å²) >= 11 is 0. The molecule has 3 aliphatic rings. The fraction of sp³-hybridized carbons (Fsp3) is 0.458. The first kappa shape index (κ1) is 24.2. The van der Waals surface area contributed by atoms with Crippen LogP contribution in [0.1, 0.15) is 18.4 Å². The Hall–Kier alpha value is -2.53. The molecule has 0 aromatic heterocycles. The van der Waals surface area contributed by atoms with Gasteiger partial charge in [0.1, 0.15) is 17.3 Å². The molecule has 1 saturated heterocycles. The van der Waals surface area contributed by atoms with Crippen LogP contribution in [0.25, 0.3) is 11.1 Å². The topological polar surface area (TPSA) is 66.5 Å². The first-order valence-electron chi connectivity index (χ1n) is 11.2. The average Bonchev–Trinajstić information content (AvgIpc) is 3.20. The number of halogens is 5. The number of carbonyl (C=O) groups is 1. The van der Waals surface area contributed by atoms with E-state index >= 15 is 4.39 Å². The molecule has 35 heavy (non-hydrogen) atoms. The Morgan fingerprint density at radius 3 is 2.31 bits per heavy atom. The summed E-state index contributed by atoms with van der Waals surface area (Å²) in [5, 5.41) is 0. The minimum absolute atomic E-state index is 0.00936. The number of likely N-dealkylation sites (tertiary alicyclic amines) is 1. The Morgan fingerprint density at radius 2 is 1.66 bits per heavy atom. The summed E-state index contributed by atoms with van der Waals surface area (Å²) in [5.74, 6) is -8.09. The van der Waals surface area contributed by atoms with Crippen molar-refractivity contribution in [3.8, 4) is 11.1 Å². The molecule has 5 atom stereocenters. The largest absolute Gasteiger partial charge is 0.342 e. The third kappa shape index (κ3) is 4.12. The minimum Gasteiger partial charge on any atom is -0.342 e. The lowest BCUT2D eigenvalue weighted by atomic mass is 9.93. The zero-order valence-electron chi connectivity index (χ0n) is 18.6. The molecule has 5 rings (SSSR count). The van der Waals surface area contributed by atoms with Crippen LogP contribution in [0.5, 0.6) is 0 Å². The average molecular weight is 515 g/mol. The van der Waals surface area contributed by atoms with Gasteiger partial charge in [0.25, 0.3) is 5.92 Å². The smallest absolute Gasteiger partial charge is 0.264 e. The van der Waals surface area contributed by atoms with Crippen molar-refractivity contribution in [2.24, 2.45) is 17.8 Å². The highest BCUT2D eigenvalue weighted by Gasteiger charge is 2.65. The van der Waals surface area contributed by atoms with E-state index in [2.05, 4.69) is 0 Å². The molecule has 5 nitrogen and oxygen atoms in total. The SMILES string of the molecule is CS(=O)(=O)NC1C2CN(C(=O)[C@@H]3C[C@@]3(F)c3ccccc3-c3c(F)cccc3F)CC2CC1(F)F. The van der Waals surface area contributed by atoms with E-state index in [1.165, 1.54) is 35.2 Å². The molecule has 2 aromatic rings. The first-order chi connectivity index (χ1) is 16.3. The lowest BCUT2D eigenvalue weighted by Gasteiger charge is -2.26. The van der Waals surface area contributed by atoms with Crippen molar-refractivity contribution in [1.82, 2.24) is 9.62 Å². The van der Waals surface area contributed by atoms with Crippen LogP contribution in [0.3, 0.4) is 0 Å². The monoisotopic (exact) mass is 514 g/mol. The number of hydrogen-bond donors (Lipinski definition) is 1. The van der Waals surface area contributed by atoms with Gasteiger partial charge in [-0.3, -0.25) is 4.79 Å². The second kappa shape index (κ2) is 7.99. The number of carbonyl (C=O) groups excluding carboxylic acids is 1. The number of benzene rings is 2. The van der Waals surface area contributed by atoms with Gasteiger partial charge >= 0.3 is 0 Å². The summed E-state index contributed by atoms with van der Waals surface area (Å²) in [7, 11) is -3.91. The molecule has 1 aliphatic heterocycles. The molecule has 2 aromatic carbocycles. The van der Waals surface area contributed by atoms with Gasteiger partial charge in [-0.2, -0.15) is 0 Å². The van der Waals surface area contributed by atoms with Crippen molar-refractivity contribution in [2.45, 2.75) is 30.5 Å². The Bertz CT molecular complexity index is 1280. The van der Waals surface area contributed by atoms with E-state index < -0.39 is 69.4 Å². The lowest BCUT2D eigenvalue weighted by molar-refractivity contribution is -0.133. The van der Waals surface area contributed by atoms with Gasteiger partial charge in [0.15, 0.2) is 0 Å². The van der Waals surface area contributed by atoms with Gasteiger partial charge < -0.3 is 4.90 Å². The number of amides is 1. The van der Waals surface area contributed by atoms with E-state index in [0.29, 0.717) is 0 Å². The summed E-state index contributed by atoms with van der Waals surface area (Å²) in [6.07, 6.45) is 0.0210. The summed E-state index contributed by atoms with van der Waals surface area (Å²) in [4.78, 5) is 14.5. The van der Waals surface area contributed by atoms with Crippen LogP contribution in [0.15, 0.2) is 42.5 Å². The summed E-state index contributed by atoms with van der Waals surface area (Å²) in [5.41, 5.74) is -2.54. The fourth-order valence-corrected chi connectivity index (χ4v) is 6.53. The molecule has 1 N–H and O–H groups in total. The van der Waals surface area contributed by atoms with Crippen LogP contribution in [-0.2, 0) is 20.5 Å². The lowest BCUT2D eigenvalue weighted by Crippen LogP contribution is -2.49. The van der Waals surface area contributed by atoms with Crippen LogP contribution in [0, 0.1) is 29.4 Å². The van der Waals surface area contributed by atoms with Crippen molar-refractivity contribution < 1.29 is 35.2 Å². The summed E-state index contributed by atoms with van der Waals surface area (Å²) < 4.78 is 98.9. The van der Waals surface area contributed by atoms with Gasteiger partial charge in [0.05, 0.1) is 23.8 Å². The highest BCUT2D eigenvalue weighted by molar-refractivity contribution is 7.88. The molecular formula is C24H23F5N2O3S. The van der Waals surface area contributed by atoms with Crippen molar-refractivity contribution >= 4 is 15.9 Å². The van der Waals surface area contributed by atoms with E-state index in [9.17, 15) is 30.8 Å². The minimum atomic E-state index is -3.91. The molecule has 0 spiro atoms. The van der Waals surface area contributed by atoms with Gasteiger partial charge in [-0.25, -0.2) is 35.1 Å². The highest BCUT2D eigenvalue weighted by Crippen LogP contribution is 2.59. The number of nitrogens with one attached hydrogen (secondary N) is 1. The maximum absolute atomic E-state index is 16.0. The Morgan fingerprint density at radius 1 is 1.00 bits per heavy atom. The number of sulfonamides is 1. The third-order valence-electron chi connectivity index (χ3n) is 7.36. The molecule has 1 amide bonds. The number of hydrogen-bond acceptors (Lipinski definition) is 3. The van der Waals surface area contributed by atoms with Crippen molar-refractivity contribution in [2.75, 3.05) is 19.3 Å². The Kier molecular flexibility index (Phi) is 5.52. The summed E-state index contributed by atoms with van der Waals surface area (Å²) in [6, 6.07) is 7.50. The van der Waals surface area contributed by atoms with Crippen LogP contribution in [-0.4, -0.2) is 50.5 Å². The zero-order valence-corrected chi connectivity index (χ0v) is 19.5. The maximum Gasteiger partial charge on any atom is 0.264 e. The molecule has 2 aliphatic carbocycles. The third-order valence-corrected chi connectivity index (χ3v) is 8.04. The second-order valence-electron chi connectivity index (χ2n) is 9.76. The van der Waals surface area contributed by atoms with Crippen LogP contribution >= 0.6 is 0 Å². The van der Waals surface area contributed by atoms with Gasteiger partial charge in [-0.15, -0.1) is 0 Å². The zero-order chi connectivity index (χ0) is 25.3. The predicted molar refractivity (Wildman–Crippen MR) is 118 cm³/mol. The maximum atomic E-state index is 16.0. The number of rotatable bonds is 5. The van der Waals surface area contributed by atoms with Crippen molar-refractivity contribution in [3.63, 3.8) is 0 Å². The van der Waals surface area contributed by atoms with E-state index in [4.69, 9.17) is 0 Å². The molecule has 2 saturated carbocycles. The van der Waals surface area contributed by atoms with Crippen LogP contribution < -0.4 is 4.72 Å². The Labute approximate surface area is 199 Å². The van der Waals surface area contributed by atoms with E-state index in [-0.39, 0.29) is 36.2 Å².